The second-order valence-electron chi connectivity index (χ2n) is 5.71. The van der Waals surface area contributed by atoms with Crippen LogP contribution >= 0.6 is 11.3 Å². The highest BCUT2D eigenvalue weighted by Crippen LogP contribution is 2.26. The number of anilines is 1. The predicted molar refractivity (Wildman–Crippen MR) is 91.8 cm³/mol. The Hall–Kier alpha value is -1.57. The summed E-state index contributed by atoms with van der Waals surface area (Å²) in [6.07, 6.45) is 1.84. The summed E-state index contributed by atoms with van der Waals surface area (Å²) in [4.78, 5) is 19.4. The lowest BCUT2D eigenvalue weighted by Gasteiger charge is -2.34. The molecule has 0 spiro atoms. The first kappa shape index (κ1) is 16.3. The van der Waals surface area contributed by atoms with Crippen LogP contribution in [0.25, 0.3) is 0 Å². The molecule has 124 valence electrons. The molecule has 0 aromatic carbocycles. The van der Waals surface area contributed by atoms with Crippen molar-refractivity contribution in [3.8, 4) is 0 Å². The number of hydrogen-bond acceptors (Lipinski definition) is 7. The summed E-state index contributed by atoms with van der Waals surface area (Å²) in [7, 11) is 2.04. The highest BCUT2D eigenvalue weighted by Gasteiger charge is 2.28. The molecule has 1 fully saturated rings. The Morgan fingerprint density at radius 3 is 3.04 bits per heavy atom. The summed E-state index contributed by atoms with van der Waals surface area (Å²) in [6.45, 7) is 8.25. The average Bonchev–Trinajstić information content (AvgIpc) is 2.99. The molecule has 2 aromatic rings. The van der Waals surface area contributed by atoms with Gasteiger partial charge in [0.05, 0.1) is 30.5 Å². The Kier molecular flexibility index (Phi) is 5.20. The molecule has 0 N–H and O–H groups in total. The highest BCUT2D eigenvalue weighted by atomic mass is 32.1. The van der Waals surface area contributed by atoms with E-state index in [1.807, 2.05) is 24.8 Å². The van der Waals surface area contributed by atoms with Crippen LogP contribution < -0.4 is 4.90 Å². The number of rotatable bonds is 5. The maximum atomic E-state index is 5.70. The van der Waals surface area contributed by atoms with Gasteiger partial charge in [0.1, 0.15) is 11.6 Å². The van der Waals surface area contributed by atoms with Gasteiger partial charge < -0.3 is 9.64 Å². The Bertz CT molecular complexity index is 647. The molecule has 0 bridgehead atoms. The van der Waals surface area contributed by atoms with E-state index in [0.717, 1.165) is 43.6 Å². The number of nitrogens with zero attached hydrogens (tertiary/aromatic N) is 5. The second-order valence-corrected chi connectivity index (χ2v) is 6.65. The number of thiazole rings is 1. The molecule has 1 aliphatic heterocycles. The van der Waals surface area contributed by atoms with Crippen LogP contribution in [-0.4, -0.2) is 53.2 Å². The van der Waals surface area contributed by atoms with Crippen LogP contribution in [-0.2, 0) is 11.3 Å². The van der Waals surface area contributed by atoms with E-state index >= 15 is 0 Å². The van der Waals surface area contributed by atoms with Gasteiger partial charge in [0.2, 0.25) is 0 Å². The number of ether oxygens (including phenoxy) is 1. The Balaban J connectivity index is 1.82. The number of aromatic nitrogens is 3. The lowest BCUT2D eigenvalue weighted by Crippen LogP contribution is -2.40. The summed E-state index contributed by atoms with van der Waals surface area (Å²) in [6, 6.07) is 2.05. The summed E-state index contributed by atoms with van der Waals surface area (Å²) in [5, 5.41) is 0. The predicted octanol–water partition coefficient (Wildman–Crippen LogP) is 2.27. The van der Waals surface area contributed by atoms with Gasteiger partial charge in [0.15, 0.2) is 0 Å². The molecule has 6 nitrogen and oxygen atoms in total. The second kappa shape index (κ2) is 7.33. The van der Waals surface area contributed by atoms with Crippen LogP contribution in [0.3, 0.4) is 0 Å². The molecule has 3 heterocycles. The molecule has 3 rings (SSSR count). The average molecular weight is 333 g/mol. The smallest absolute Gasteiger partial charge is 0.150 e. The van der Waals surface area contributed by atoms with Crippen LogP contribution in [0.5, 0.6) is 0 Å². The van der Waals surface area contributed by atoms with Gasteiger partial charge >= 0.3 is 0 Å². The zero-order valence-corrected chi connectivity index (χ0v) is 14.7. The standard InChI is InChI=1S/C16H23N5OS/c1-4-20(3)15-5-6-17-16(19-15)13-10-22-8-7-21(13)9-14-12(2)18-11-23-14/h5-6,11,13H,4,7-10H2,1-3H3. The van der Waals surface area contributed by atoms with E-state index in [9.17, 15) is 0 Å². The van der Waals surface area contributed by atoms with Gasteiger partial charge in [-0.1, -0.05) is 0 Å². The molecule has 0 saturated carbocycles. The zero-order chi connectivity index (χ0) is 16.2. The fourth-order valence-electron chi connectivity index (χ4n) is 2.63. The van der Waals surface area contributed by atoms with Crippen LogP contribution in [0, 0.1) is 6.92 Å². The van der Waals surface area contributed by atoms with Gasteiger partial charge in [-0.25, -0.2) is 15.0 Å². The normalized spacial score (nSPS) is 19.0. The largest absolute Gasteiger partial charge is 0.378 e. The van der Waals surface area contributed by atoms with E-state index in [1.165, 1.54) is 4.88 Å². The van der Waals surface area contributed by atoms with E-state index < -0.39 is 0 Å². The van der Waals surface area contributed by atoms with Gasteiger partial charge in [-0.3, -0.25) is 4.90 Å². The highest BCUT2D eigenvalue weighted by molar-refractivity contribution is 7.09. The minimum Gasteiger partial charge on any atom is -0.378 e. The van der Waals surface area contributed by atoms with Crippen molar-refractivity contribution < 1.29 is 4.74 Å². The first-order valence-electron chi connectivity index (χ1n) is 7.94. The SMILES string of the molecule is CCN(C)c1ccnc(C2COCCN2Cc2scnc2C)n1. The van der Waals surface area contributed by atoms with Gasteiger partial charge in [0.25, 0.3) is 0 Å². The van der Waals surface area contributed by atoms with Gasteiger partial charge in [-0.15, -0.1) is 11.3 Å². The molecule has 7 heteroatoms. The molecule has 2 aromatic heterocycles. The first-order chi connectivity index (χ1) is 11.2. The van der Waals surface area contributed by atoms with Crippen molar-refractivity contribution in [2.24, 2.45) is 0 Å². The van der Waals surface area contributed by atoms with Gasteiger partial charge in [-0.05, 0) is 19.9 Å². The maximum Gasteiger partial charge on any atom is 0.150 e. The van der Waals surface area contributed by atoms with E-state index in [4.69, 9.17) is 9.72 Å². The molecule has 23 heavy (non-hydrogen) atoms. The minimum atomic E-state index is 0.0930. The molecule has 0 radical (unpaired) electrons. The van der Waals surface area contributed by atoms with Crippen LogP contribution in [0.2, 0.25) is 0 Å². The number of hydrogen-bond donors (Lipinski definition) is 0. The van der Waals surface area contributed by atoms with Crippen molar-refractivity contribution in [1.29, 1.82) is 0 Å². The van der Waals surface area contributed by atoms with Crippen molar-refractivity contribution in [2.45, 2.75) is 26.4 Å². The van der Waals surface area contributed by atoms with E-state index in [1.54, 1.807) is 11.3 Å². The Labute approximate surface area is 141 Å². The number of morpholine rings is 1. The van der Waals surface area contributed by atoms with Crippen molar-refractivity contribution in [3.63, 3.8) is 0 Å². The monoisotopic (exact) mass is 333 g/mol. The van der Waals surface area contributed by atoms with Crippen LogP contribution in [0.15, 0.2) is 17.8 Å². The topological polar surface area (TPSA) is 54.4 Å². The molecule has 0 aliphatic carbocycles. The fourth-order valence-corrected chi connectivity index (χ4v) is 3.43. The summed E-state index contributed by atoms with van der Waals surface area (Å²) < 4.78 is 5.70. The molecule has 1 atom stereocenters. The van der Waals surface area contributed by atoms with Gasteiger partial charge in [0, 0.05) is 37.8 Å². The van der Waals surface area contributed by atoms with Crippen molar-refractivity contribution in [1.82, 2.24) is 19.9 Å². The van der Waals surface area contributed by atoms with E-state index in [0.29, 0.717) is 6.61 Å². The third-order valence-corrected chi connectivity index (χ3v) is 5.17. The third-order valence-electron chi connectivity index (χ3n) is 4.25. The molecule has 1 unspecified atom stereocenters. The van der Waals surface area contributed by atoms with Crippen LogP contribution in [0.4, 0.5) is 5.82 Å². The van der Waals surface area contributed by atoms with Crippen molar-refractivity contribution in [3.05, 3.63) is 34.2 Å². The van der Waals surface area contributed by atoms with E-state index in [2.05, 4.69) is 33.6 Å². The Morgan fingerprint density at radius 2 is 2.30 bits per heavy atom. The third kappa shape index (κ3) is 3.68. The summed E-state index contributed by atoms with van der Waals surface area (Å²) in [5.41, 5.74) is 3.02. The van der Waals surface area contributed by atoms with Gasteiger partial charge in [-0.2, -0.15) is 0 Å². The van der Waals surface area contributed by atoms with Crippen molar-refractivity contribution in [2.75, 3.05) is 38.3 Å². The number of aryl methyl sites for hydroxylation is 1. The quantitative estimate of drug-likeness (QED) is 0.837. The molecule has 1 aliphatic rings. The molecular formula is C16H23N5OS. The minimum absolute atomic E-state index is 0.0930. The maximum absolute atomic E-state index is 5.70. The zero-order valence-electron chi connectivity index (χ0n) is 13.9. The van der Waals surface area contributed by atoms with Crippen LogP contribution in [0.1, 0.15) is 29.4 Å². The van der Waals surface area contributed by atoms with Crippen molar-refractivity contribution >= 4 is 17.2 Å². The Morgan fingerprint density at radius 1 is 1.43 bits per heavy atom. The lowest BCUT2D eigenvalue weighted by atomic mass is 10.2. The summed E-state index contributed by atoms with van der Waals surface area (Å²) >= 11 is 1.71. The fraction of sp³-hybridized carbons (Fsp3) is 0.562. The first-order valence-corrected chi connectivity index (χ1v) is 8.81. The summed E-state index contributed by atoms with van der Waals surface area (Å²) in [5.74, 6) is 1.79. The lowest BCUT2D eigenvalue weighted by molar-refractivity contribution is -0.0155. The molecule has 0 amide bonds. The molecular weight excluding hydrogens is 310 g/mol. The molecule has 1 saturated heterocycles. The van der Waals surface area contributed by atoms with E-state index in [-0.39, 0.29) is 6.04 Å².